The summed E-state index contributed by atoms with van der Waals surface area (Å²) in [6.07, 6.45) is 0. The molecule has 0 aliphatic heterocycles. The molecule has 1 N–H and O–H groups in total. The molecule has 3 aromatic rings. The number of carbonyl (C=O) groups excluding carboxylic acids is 1. The quantitative estimate of drug-likeness (QED) is 0.732. The largest absolute Gasteiger partial charge is 0.494 e. The van der Waals surface area contributed by atoms with Crippen LogP contribution in [0.25, 0.3) is 11.0 Å². The van der Waals surface area contributed by atoms with Crippen molar-refractivity contribution >= 4 is 22.6 Å². The summed E-state index contributed by atoms with van der Waals surface area (Å²) in [5, 5.41) is 2.61. The van der Waals surface area contributed by atoms with Gasteiger partial charge in [0.15, 0.2) is 0 Å². The Morgan fingerprint density at radius 2 is 1.96 bits per heavy atom. The van der Waals surface area contributed by atoms with Gasteiger partial charge < -0.3 is 14.5 Å². The predicted molar refractivity (Wildman–Crippen MR) is 88.0 cm³/mol. The zero-order valence-corrected chi connectivity index (χ0v) is 13.1. The van der Waals surface area contributed by atoms with Gasteiger partial charge in [0, 0.05) is 23.6 Å². The molecule has 0 unspecified atom stereocenters. The summed E-state index contributed by atoms with van der Waals surface area (Å²) in [4.78, 5) is 24.2. The molecule has 2 aromatic carbocycles. The Kier molecular flexibility index (Phi) is 4.47. The van der Waals surface area contributed by atoms with Crippen molar-refractivity contribution in [2.45, 2.75) is 6.92 Å². The molecule has 0 fully saturated rings. The zero-order valence-electron chi connectivity index (χ0n) is 13.1. The van der Waals surface area contributed by atoms with E-state index in [1.807, 2.05) is 0 Å². The highest BCUT2D eigenvalue weighted by Gasteiger charge is 2.16. The minimum atomic E-state index is -0.791. The highest BCUT2D eigenvalue weighted by molar-refractivity contribution is 6.12. The lowest BCUT2D eigenvalue weighted by Crippen LogP contribution is -2.16. The Morgan fingerprint density at radius 3 is 2.72 bits per heavy atom. The highest BCUT2D eigenvalue weighted by Crippen LogP contribution is 2.24. The summed E-state index contributed by atoms with van der Waals surface area (Å²) >= 11 is 0. The maximum Gasteiger partial charge on any atom is 0.337 e. The van der Waals surface area contributed by atoms with Crippen molar-refractivity contribution in [1.29, 1.82) is 0 Å². The minimum absolute atomic E-state index is 0.0158. The molecule has 1 amide bonds. The topological polar surface area (TPSA) is 68.5 Å². The van der Waals surface area contributed by atoms with Crippen LogP contribution in [0.3, 0.4) is 0 Å². The Labute approximate surface area is 140 Å². The van der Waals surface area contributed by atoms with Crippen molar-refractivity contribution in [1.82, 2.24) is 0 Å². The Balaban J connectivity index is 2.03. The van der Waals surface area contributed by atoms with Crippen LogP contribution in [0.5, 0.6) is 5.75 Å². The molecule has 0 bridgehead atoms. The molecule has 0 spiro atoms. The Hall–Kier alpha value is -3.22. The molecule has 0 aliphatic carbocycles. The average Bonchev–Trinajstić information content (AvgIpc) is 2.57. The van der Waals surface area contributed by atoms with E-state index in [0.717, 1.165) is 24.3 Å². The number of benzene rings is 2. The number of amides is 1. The molecule has 0 saturated carbocycles. The van der Waals surface area contributed by atoms with Crippen LogP contribution in [0, 0.1) is 11.6 Å². The molecule has 7 heteroatoms. The third kappa shape index (κ3) is 3.50. The first kappa shape index (κ1) is 16.6. The number of rotatable bonds is 4. The molecular formula is C18H13F2NO4. The summed E-state index contributed by atoms with van der Waals surface area (Å²) < 4.78 is 37.3. The lowest BCUT2D eigenvalue weighted by Gasteiger charge is -2.09. The molecular weight excluding hydrogens is 332 g/mol. The molecule has 128 valence electrons. The van der Waals surface area contributed by atoms with Crippen LogP contribution in [0.15, 0.2) is 51.7 Å². The minimum Gasteiger partial charge on any atom is -0.494 e. The maximum atomic E-state index is 13.7. The summed E-state index contributed by atoms with van der Waals surface area (Å²) in [6, 6.07) is 8.35. The lowest BCUT2D eigenvalue weighted by molar-refractivity contribution is 0.102. The number of ether oxygens (including phenoxy) is 1. The second kappa shape index (κ2) is 6.72. The second-order valence-electron chi connectivity index (χ2n) is 5.15. The molecule has 0 radical (unpaired) electrons. The van der Waals surface area contributed by atoms with Gasteiger partial charge in [-0.25, -0.2) is 13.6 Å². The molecule has 1 heterocycles. The van der Waals surface area contributed by atoms with Crippen molar-refractivity contribution < 1.29 is 22.7 Å². The van der Waals surface area contributed by atoms with E-state index in [4.69, 9.17) is 9.15 Å². The van der Waals surface area contributed by atoms with Crippen molar-refractivity contribution in [3.63, 3.8) is 0 Å². The molecule has 0 aliphatic rings. The fraction of sp³-hybridized carbons (Fsp3) is 0.111. The molecule has 25 heavy (non-hydrogen) atoms. The van der Waals surface area contributed by atoms with Crippen LogP contribution < -0.4 is 15.7 Å². The van der Waals surface area contributed by atoms with Crippen LogP contribution in [0.2, 0.25) is 0 Å². The van der Waals surface area contributed by atoms with Crippen molar-refractivity contribution in [2.75, 3.05) is 11.9 Å². The van der Waals surface area contributed by atoms with E-state index in [1.54, 1.807) is 19.1 Å². The van der Waals surface area contributed by atoms with Gasteiger partial charge in [0.2, 0.25) is 0 Å². The summed E-state index contributed by atoms with van der Waals surface area (Å²) in [6.45, 7) is 2.23. The van der Waals surface area contributed by atoms with E-state index in [9.17, 15) is 18.4 Å². The summed E-state index contributed by atoms with van der Waals surface area (Å²) in [7, 11) is 0. The van der Waals surface area contributed by atoms with E-state index in [2.05, 4.69) is 5.32 Å². The summed E-state index contributed by atoms with van der Waals surface area (Å²) in [5.41, 5.74) is -0.926. The first-order valence-corrected chi connectivity index (χ1v) is 7.45. The van der Waals surface area contributed by atoms with E-state index in [1.165, 1.54) is 6.07 Å². The fourth-order valence-electron chi connectivity index (χ4n) is 2.37. The van der Waals surface area contributed by atoms with Crippen LogP contribution in [-0.2, 0) is 0 Å². The number of fused-ring (bicyclic) bond motifs is 1. The highest BCUT2D eigenvalue weighted by atomic mass is 19.1. The molecule has 3 rings (SSSR count). The van der Waals surface area contributed by atoms with Gasteiger partial charge in [-0.05, 0) is 31.2 Å². The van der Waals surface area contributed by atoms with E-state index in [-0.39, 0.29) is 16.8 Å². The third-order valence-electron chi connectivity index (χ3n) is 3.45. The number of hydrogen-bond donors (Lipinski definition) is 1. The van der Waals surface area contributed by atoms with Crippen molar-refractivity contribution in [3.05, 3.63) is 70.1 Å². The predicted octanol–water partition coefficient (Wildman–Crippen LogP) is 3.72. The second-order valence-corrected chi connectivity index (χ2v) is 5.15. The van der Waals surface area contributed by atoms with Gasteiger partial charge in [0.1, 0.15) is 23.0 Å². The van der Waals surface area contributed by atoms with Gasteiger partial charge in [-0.15, -0.1) is 0 Å². The normalized spacial score (nSPS) is 10.7. The number of anilines is 1. The van der Waals surface area contributed by atoms with Gasteiger partial charge in [-0.3, -0.25) is 4.79 Å². The average molecular weight is 345 g/mol. The number of nitrogens with one attached hydrogen (secondary N) is 1. The maximum absolute atomic E-state index is 13.7. The smallest absolute Gasteiger partial charge is 0.337 e. The lowest BCUT2D eigenvalue weighted by atomic mass is 10.1. The van der Waals surface area contributed by atoms with E-state index in [0.29, 0.717) is 17.7 Å². The van der Waals surface area contributed by atoms with Gasteiger partial charge >= 0.3 is 5.63 Å². The number of carbonyl (C=O) groups is 1. The van der Waals surface area contributed by atoms with E-state index >= 15 is 0 Å². The molecule has 0 atom stereocenters. The third-order valence-corrected chi connectivity index (χ3v) is 3.45. The monoisotopic (exact) mass is 345 g/mol. The zero-order chi connectivity index (χ0) is 18.0. The van der Waals surface area contributed by atoms with Crippen LogP contribution in [0.4, 0.5) is 14.5 Å². The van der Waals surface area contributed by atoms with Crippen LogP contribution in [-0.4, -0.2) is 12.5 Å². The molecule has 0 saturated heterocycles. The van der Waals surface area contributed by atoms with Crippen LogP contribution >= 0.6 is 0 Å². The van der Waals surface area contributed by atoms with Gasteiger partial charge in [-0.2, -0.15) is 0 Å². The van der Waals surface area contributed by atoms with Gasteiger partial charge in [-0.1, -0.05) is 0 Å². The number of halogens is 2. The fourth-order valence-corrected chi connectivity index (χ4v) is 2.37. The first-order valence-electron chi connectivity index (χ1n) is 7.45. The van der Waals surface area contributed by atoms with Gasteiger partial charge in [0.05, 0.1) is 17.9 Å². The van der Waals surface area contributed by atoms with Crippen molar-refractivity contribution in [2.24, 2.45) is 0 Å². The van der Waals surface area contributed by atoms with Gasteiger partial charge in [0.25, 0.3) is 5.91 Å². The molecule has 5 nitrogen and oxygen atoms in total. The van der Waals surface area contributed by atoms with Crippen LogP contribution in [0.1, 0.15) is 17.3 Å². The molecule has 1 aromatic heterocycles. The van der Waals surface area contributed by atoms with Crippen molar-refractivity contribution in [3.8, 4) is 5.75 Å². The standard InChI is InChI=1S/C18H13F2NO4/c1-2-24-11-4-5-12-13(9-17(22)25-16(12)8-11)18(23)21-15-7-10(19)3-6-14(15)20/h3-9H,2H2,1H3,(H,21,23). The Morgan fingerprint density at radius 1 is 1.16 bits per heavy atom. The SMILES string of the molecule is CCOc1ccc2c(C(=O)Nc3cc(F)ccc3F)cc(=O)oc2c1. The number of hydrogen-bond acceptors (Lipinski definition) is 4. The Bertz CT molecular complexity index is 1010. The van der Waals surface area contributed by atoms with E-state index < -0.39 is 23.2 Å². The summed E-state index contributed by atoms with van der Waals surface area (Å²) in [5.74, 6) is -1.77. The first-order chi connectivity index (χ1) is 12.0.